The molecule has 1 N–H and O–H groups in total. The maximum Gasteiger partial charge on any atom is 0.128 e. The lowest BCUT2D eigenvalue weighted by molar-refractivity contribution is 0.269. The van der Waals surface area contributed by atoms with Gasteiger partial charge in [0.25, 0.3) is 0 Å². The third kappa shape index (κ3) is 4.67. The number of rotatable bonds is 6. The van der Waals surface area contributed by atoms with Crippen molar-refractivity contribution < 1.29 is 4.39 Å². The average molecular weight is 317 g/mol. The van der Waals surface area contributed by atoms with E-state index in [-0.39, 0.29) is 11.9 Å². The molecular weight excluding hydrogens is 295 g/mol. The summed E-state index contributed by atoms with van der Waals surface area (Å²) < 4.78 is 14.6. The number of nitrogens with one attached hydrogen (secondary N) is 1. The van der Waals surface area contributed by atoms with Crippen molar-refractivity contribution in [2.75, 3.05) is 20.1 Å². The average Bonchev–Trinajstić information content (AvgIpc) is 2.31. The van der Waals surface area contributed by atoms with Gasteiger partial charge in [0.15, 0.2) is 0 Å². The number of benzene rings is 1. The monoisotopic (exact) mass is 316 g/mol. The van der Waals surface area contributed by atoms with Crippen molar-refractivity contribution in [3.63, 3.8) is 0 Å². The minimum absolute atomic E-state index is 0.0167. The summed E-state index contributed by atoms with van der Waals surface area (Å²) in [6.07, 6.45) is 0. The highest BCUT2D eigenvalue weighted by molar-refractivity contribution is 9.10. The molecule has 0 aliphatic carbocycles. The summed E-state index contributed by atoms with van der Waals surface area (Å²) in [5, 5.41) is 3.35. The molecule has 1 unspecified atom stereocenters. The number of halogens is 2. The SMILES string of the molecule is CC(NCCN(C)C(C)C)c1cc(Br)ccc1F. The molecule has 0 aliphatic rings. The van der Waals surface area contributed by atoms with Crippen molar-refractivity contribution in [2.45, 2.75) is 32.9 Å². The van der Waals surface area contributed by atoms with Crippen LogP contribution in [0.2, 0.25) is 0 Å². The van der Waals surface area contributed by atoms with E-state index in [1.807, 2.05) is 13.0 Å². The molecule has 1 atom stereocenters. The summed E-state index contributed by atoms with van der Waals surface area (Å²) >= 11 is 3.37. The van der Waals surface area contributed by atoms with Gasteiger partial charge in [-0.05, 0) is 46.0 Å². The van der Waals surface area contributed by atoms with Crippen molar-refractivity contribution in [1.82, 2.24) is 10.2 Å². The van der Waals surface area contributed by atoms with Crippen LogP contribution in [-0.4, -0.2) is 31.1 Å². The van der Waals surface area contributed by atoms with Crippen molar-refractivity contribution >= 4 is 15.9 Å². The minimum atomic E-state index is -0.157. The van der Waals surface area contributed by atoms with Gasteiger partial charge >= 0.3 is 0 Å². The molecule has 0 bridgehead atoms. The highest BCUT2D eigenvalue weighted by Crippen LogP contribution is 2.21. The molecule has 0 aromatic heterocycles. The first-order valence-corrected chi connectivity index (χ1v) is 7.09. The Morgan fingerprint density at radius 1 is 1.33 bits per heavy atom. The lowest BCUT2D eigenvalue weighted by atomic mass is 10.1. The molecule has 0 radical (unpaired) electrons. The highest BCUT2D eigenvalue weighted by Gasteiger charge is 2.11. The fourth-order valence-corrected chi connectivity index (χ4v) is 2.05. The quantitative estimate of drug-likeness (QED) is 0.863. The number of likely N-dealkylation sites (N-methyl/N-ethyl adjacent to an activating group) is 1. The van der Waals surface area contributed by atoms with Crippen LogP contribution >= 0.6 is 15.9 Å². The predicted molar refractivity (Wildman–Crippen MR) is 78.3 cm³/mol. The van der Waals surface area contributed by atoms with Gasteiger partial charge in [0.05, 0.1) is 0 Å². The van der Waals surface area contributed by atoms with Gasteiger partial charge in [-0.3, -0.25) is 0 Å². The molecular formula is C14H22BrFN2. The second-order valence-electron chi connectivity index (χ2n) is 4.92. The standard InChI is InChI=1S/C14H22BrFN2/c1-10(2)18(4)8-7-17-11(3)13-9-12(15)5-6-14(13)16/h5-6,9-11,17H,7-8H2,1-4H3. The van der Waals surface area contributed by atoms with E-state index in [1.165, 1.54) is 6.07 Å². The Kier molecular flexibility index (Phi) is 6.26. The van der Waals surface area contributed by atoms with Crippen molar-refractivity contribution in [3.8, 4) is 0 Å². The third-order valence-electron chi connectivity index (χ3n) is 3.22. The van der Waals surface area contributed by atoms with Gasteiger partial charge in [-0.25, -0.2) is 4.39 Å². The molecule has 0 saturated carbocycles. The van der Waals surface area contributed by atoms with Gasteiger partial charge in [0, 0.05) is 35.2 Å². The maximum atomic E-state index is 13.7. The first kappa shape index (κ1) is 15.6. The molecule has 4 heteroatoms. The summed E-state index contributed by atoms with van der Waals surface area (Å²) in [4.78, 5) is 2.26. The van der Waals surface area contributed by atoms with E-state index in [0.717, 1.165) is 17.6 Å². The Labute approximate surface area is 118 Å². The Hall–Kier alpha value is -0.450. The molecule has 0 amide bonds. The first-order chi connectivity index (χ1) is 8.41. The van der Waals surface area contributed by atoms with Crippen LogP contribution in [0.1, 0.15) is 32.4 Å². The summed E-state index contributed by atoms with van der Waals surface area (Å²) in [5.74, 6) is -0.157. The van der Waals surface area contributed by atoms with Crippen molar-refractivity contribution in [2.24, 2.45) is 0 Å². The summed E-state index contributed by atoms with van der Waals surface area (Å²) in [7, 11) is 2.09. The van der Waals surface area contributed by atoms with Crippen LogP contribution in [0.3, 0.4) is 0 Å². The molecule has 18 heavy (non-hydrogen) atoms. The van der Waals surface area contributed by atoms with E-state index in [1.54, 1.807) is 6.07 Å². The summed E-state index contributed by atoms with van der Waals surface area (Å²) in [6.45, 7) is 8.12. The molecule has 0 heterocycles. The smallest absolute Gasteiger partial charge is 0.128 e. The molecule has 1 aromatic carbocycles. The zero-order valence-electron chi connectivity index (χ0n) is 11.5. The zero-order valence-corrected chi connectivity index (χ0v) is 13.1. The van der Waals surface area contributed by atoms with E-state index in [0.29, 0.717) is 11.6 Å². The molecule has 0 spiro atoms. The molecule has 0 fully saturated rings. The Bertz CT molecular complexity index is 382. The Balaban J connectivity index is 2.50. The fourth-order valence-electron chi connectivity index (χ4n) is 1.67. The lowest BCUT2D eigenvalue weighted by Crippen LogP contribution is -2.34. The van der Waals surface area contributed by atoms with E-state index in [4.69, 9.17) is 0 Å². The molecule has 2 nitrogen and oxygen atoms in total. The Morgan fingerprint density at radius 3 is 2.61 bits per heavy atom. The summed E-state index contributed by atoms with van der Waals surface area (Å²) in [5.41, 5.74) is 0.705. The van der Waals surface area contributed by atoms with Crippen LogP contribution in [0, 0.1) is 5.82 Å². The predicted octanol–water partition coefficient (Wildman–Crippen LogP) is 3.58. The van der Waals surface area contributed by atoms with Gasteiger partial charge in [0.2, 0.25) is 0 Å². The number of hydrogen-bond acceptors (Lipinski definition) is 2. The largest absolute Gasteiger partial charge is 0.309 e. The van der Waals surface area contributed by atoms with Crippen molar-refractivity contribution in [1.29, 1.82) is 0 Å². The van der Waals surface area contributed by atoms with E-state index < -0.39 is 0 Å². The van der Waals surface area contributed by atoms with Gasteiger partial charge in [0.1, 0.15) is 5.82 Å². The van der Waals surface area contributed by atoms with Gasteiger partial charge in [-0.1, -0.05) is 15.9 Å². The van der Waals surface area contributed by atoms with Crippen LogP contribution in [0.15, 0.2) is 22.7 Å². The van der Waals surface area contributed by atoms with Crippen LogP contribution in [0.5, 0.6) is 0 Å². The first-order valence-electron chi connectivity index (χ1n) is 6.30. The molecule has 0 aliphatic heterocycles. The van der Waals surface area contributed by atoms with Gasteiger partial charge < -0.3 is 10.2 Å². The van der Waals surface area contributed by atoms with Gasteiger partial charge in [-0.2, -0.15) is 0 Å². The second-order valence-corrected chi connectivity index (χ2v) is 5.83. The third-order valence-corrected chi connectivity index (χ3v) is 3.71. The van der Waals surface area contributed by atoms with Crippen LogP contribution in [0.25, 0.3) is 0 Å². The summed E-state index contributed by atoms with van der Waals surface area (Å²) in [6, 6.07) is 5.60. The van der Waals surface area contributed by atoms with Crippen LogP contribution in [0.4, 0.5) is 4.39 Å². The highest BCUT2D eigenvalue weighted by atomic mass is 79.9. The fraction of sp³-hybridized carbons (Fsp3) is 0.571. The Morgan fingerprint density at radius 2 is 2.00 bits per heavy atom. The molecule has 102 valence electrons. The van der Waals surface area contributed by atoms with E-state index >= 15 is 0 Å². The van der Waals surface area contributed by atoms with Gasteiger partial charge in [-0.15, -0.1) is 0 Å². The molecule has 1 rings (SSSR count). The maximum absolute atomic E-state index is 13.7. The second kappa shape index (κ2) is 7.22. The number of hydrogen-bond donors (Lipinski definition) is 1. The lowest BCUT2D eigenvalue weighted by Gasteiger charge is -2.23. The minimum Gasteiger partial charge on any atom is -0.309 e. The molecule has 1 aromatic rings. The van der Waals surface area contributed by atoms with Crippen LogP contribution < -0.4 is 5.32 Å². The van der Waals surface area contributed by atoms with Crippen LogP contribution in [-0.2, 0) is 0 Å². The topological polar surface area (TPSA) is 15.3 Å². The number of nitrogens with zero attached hydrogens (tertiary/aromatic N) is 1. The van der Waals surface area contributed by atoms with Crippen molar-refractivity contribution in [3.05, 3.63) is 34.1 Å². The molecule has 0 saturated heterocycles. The zero-order chi connectivity index (χ0) is 13.7. The van der Waals surface area contributed by atoms with E-state index in [9.17, 15) is 4.39 Å². The van der Waals surface area contributed by atoms with E-state index in [2.05, 4.69) is 47.0 Å². The normalized spacial score (nSPS) is 13.3.